The first-order valence-corrected chi connectivity index (χ1v) is 6.37. The van der Waals surface area contributed by atoms with Crippen molar-refractivity contribution in [3.63, 3.8) is 0 Å². The Bertz CT molecular complexity index is 276. The van der Waals surface area contributed by atoms with Crippen molar-refractivity contribution in [3.8, 4) is 0 Å². The lowest BCUT2D eigenvalue weighted by Crippen LogP contribution is -2.56. The lowest BCUT2D eigenvalue weighted by atomic mass is 10.3. The molecule has 1 aliphatic rings. The van der Waals surface area contributed by atoms with E-state index >= 15 is 0 Å². The van der Waals surface area contributed by atoms with Crippen LogP contribution >= 0.6 is 0 Å². The fraction of sp³-hybridized carbons (Fsp3) is 1.00. The van der Waals surface area contributed by atoms with Gasteiger partial charge in [-0.3, -0.25) is 0 Å². The summed E-state index contributed by atoms with van der Waals surface area (Å²) in [5.74, 6) is 0. The molecule has 1 heterocycles. The van der Waals surface area contributed by atoms with Gasteiger partial charge in [0.25, 0.3) is 10.2 Å². The number of hydrogen-bond acceptors (Lipinski definition) is 3. The smallest absolute Gasteiger partial charge is 0.280 e. The fourth-order valence-electron chi connectivity index (χ4n) is 1.55. The van der Waals surface area contributed by atoms with Crippen LogP contribution in [0, 0.1) is 0 Å². The Morgan fingerprint density at radius 1 is 1.50 bits per heavy atom. The largest absolute Gasteiger partial charge is 0.314 e. The minimum Gasteiger partial charge on any atom is -0.314 e. The summed E-state index contributed by atoms with van der Waals surface area (Å²) in [6.45, 7) is 7.55. The van der Waals surface area contributed by atoms with E-state index in [2.05, 4.69) is 10.0 Å². The van der Waals surface area contributed by atoms with Gasteiger partial charge in [0, 0.05) is 31.7 Å². The molecule has 14 heavy (non-hydrogen) atoms. The summed E-state index contributed by atoms with van der Waals surface area (Å²) in [4.78, 5) is 0. The molecular weight excluding hydrogens is 202 g/mol. The summed E-state index contributed by atoms with van der Waals surface area (Å²) in [7, 11) is -3.29. The van der Waals surface area contributed by atoms with Crippen molar-refractivity contribution in [3.05, 3.63) is 0 Å². The average molecular weight is 221 g/mol. The van der Waals surface area contributed by atoms with E-state index in [0.29, 0.717) is 6.54 Å². The van der Waals surface area contributed by atoms with Crippen molar-refractivity contribution in [2.75, 3.05) is 19.6 Å². The molecule has 0 unspecified atom stereocenters. The Morgan fingerprint density at radius 3 is 2.64 bits per heavy atom. The van der Waals surface area contributed by atoms with Crippen LogP contribution in [0.3, 0.4) is 0 Å². The minimum atomic E-state index is -3.29. The van der Waals surface area contributed by atoms with E-state index < -0.39 is 10.2 Å². The zero-order valence-corrected chi connectivity index (χ0v) is 9.76. The molecule has 1 atom stereocenters. The van der Waals surface area contributed by atoms with Gasteiger partial charge in [0.2, 0.25) is 0 Å². The lowest BCUT2D eigenvalue weighted by molar-refractivity contribution is 0.279. The van der Waals surface area contributed by atoms with Crippen LogP contribution in [0.4, 0.5) is 0 Å². The van der Waals surface area contributed by atoms with Gasteiger partial charge in [0.1, 0.15) is 0 Å². The Labute approximate surface area is 86.0 Å². The van der Waals surface area contributed by atoms with Crippen LogP contribution < -0.4 is 10.0 Å². The van der Waals surface area contributed by atoms with Crippen molar-refractivity contribution >= 4 is 10.2 Å². The first kappa shape index (κ1) is 11.9. The van der Waals surface area contributed by atoms with Crippen molar-refractivity contribution in [1.29, 1.82) is 0 Å². The second-order valence-corrected chi connectivity index (χ2v) is 5.60. The van der Waals surface area contributed by atoms with E-state index in [-0.39, 0.29) is 12.1 Å². The summed E-state index contributed by atoms with van der Waals surface area (Å²) in [6.07, 6.45) is 0. The molecule has 6 heteroatoms. The van der Waals surface area contributed by atoms with E-state index in [1.54, 1.807) is 0 Å². The van der Waals surface area contributed by atoms with E-state index in [4.69, 9.17) is 0 Å². The monoisotopic (exact) mass is 221 g/mol. The number of rotatable bonds is 3. The summed E-state index contributed by atoms with van der Waals surface area (Å²) in [5, 5.41) is 3.16. The van der Waals surface area contributed by atoms with Crippen LogP contribution in [0.2, 0.25) is 0 Å². The van der Waals surface area contributed by atoms with Crippen LogP contribution in [-0.2, 0) is 10.2 Å². The number of piperazine rings is 1. The molecule has 1 aliphatic heterocycles. The van der Waals surface area contributed by atoms with Crippen LogP contribution in [0.5, 0.6) is 0 Å². The predicted molar refractivity (Wildman–Crippen MR) is 56.2 cm³/mol. The summed E-state index contributed by atoms with van der Waals surface area (Å²) < 4.78 is 27.7. The molecule has 0 aromatic heterocycles. The number of hydrogen-bond donors (Lipinski definition) is 2. The molecular formula is C8H19N3O2S. The maximum Gasteiger partial charge on any atom is 0.280 e. The molecule has 1 rings (SSSR count). The highest BCUT2D eigenvalue weighted by Crippen LogP contribution is 2.07. The first-order chi connectivity index (χ1) is 6.43. The minimum absolute atomic E-state index is 0.0278. The molecule has 0 spiro atoms. The number of nitrogens with one attached hydrogen (secondary N) is 2. The van der Waals surface area contributed by atoms with Gasteiger partial charge in [-0.25, -0.2) is 0 Å². The third-order valence-corrected chi connectivity index (χ3v) is 4.06. The van der Waals surface area contributed by atoms with Crippen molar-refractivity contribution in [1.82, 2.24) is 14.3 Å². The molecule has 0 aliphatic carbocycles. The Kier molecular flexibility index (Phi) is 3.88. The highest BCUT2D eigenvalue weighted by molar-refractivity contribution is 7.87. The molecule has 84 valence electrons. The molecule has 0 amide bonds. The topological polar surface area (TPSA) is 61.4 Å². The van der Waals surface area contributed by atoms with Crippen LogP contribution in [0.15, 0.2) is 0 Å². The molecule has 2 N–H and O–H groups in total. The van der Waals surface area contributed by atoms with E-state index in [0.717, 1.165) is 13.1 Å². The van der Waals surface area contributed by atoms with Crippen molar-refractivity contribution in [2.45, 2.75) is 32.9 Å². The van der Waals surface area contributed by atoms with Gasteiger partial charge < -0.3 is 5.32 Å². The second kappa shape index (κ2) is 4.57. The SMILES string of the molecule is CC(C)NS(=O)(=O)N1CCNC[C@@H]1C. The predicted octanol–water partition coefficient (Wildman–Crippen LogP) is -0.477. The van der Waals surface area contributed by atoms with E-state index in [9.17, 15) is 8.42 Å². The van der Waals surface area contributed by atoms with E-state index in [1.807, 2.05) is 20.8 Å². The van der Waals surface area contributed by atoms with Gasteiger partial charge in [0.15, 0.2) is 0 Å². The molecule has 0 radical (unpaired) electrons. The summed E-state index contributed by atoms with van der Waals surface area (Å²) in [6, 6.07) is -0.0258. The van der Waals surface area contributed by atoms with Gasteiger partial charge in [0.05, 0.1) is 0 Å². The molecule has 0 aromatic rings. The van der Waals surface area contributed by atoms with Gasteiger partial charge in [-0.1, -0.05) is 0 Å². The molecule has 5 nitrogen and oxygen atoms in total. The lowest BCUT2D eigenvalue weighted by Gasteiger charge is -2.33. The molecule has 0 bridgehead atoms. The number of nitrogens with zero attached hydrogens (tertiary/aromatic N) is 1. The van der Waals surface area contributed by atoms with Crippen LogP contribution in [0.1, 0.15) is 20.8 Å². The maximum atomic E-state index is 11.8. The third-order valence-electron chi connectivity index (χ3n) is 2.13. The molecule has 1 fully saturated rings. The first-order valence-electron chi connectivity index (χ1n) is 4.93. The van der Waals surface area contributed by atoms with Crippen molar-refractivity contribution in [2.24, 2.45) is 0 Å². The average Bonchev–Trinajstić information content (AvgIpc) is 2.02. The zero-order chi connectivity index (χ0) is 10.8. The second-order valence-electron chi connectivity index (χ2n) is 3.94. The third kappa shape index (κ3) is 2.91. The Hall–Kier alpha value is -0.170. The van der Waals surface area contributed by atoms with Crippen molar-refractivity contribution < 1.29 is 8.42 Å². The normalized spacial score (nSPS) is 25.6. The maximum absolute atomic E-state index is 11.8. The van der Waals surface area contributed by atoms with Gasteiger partial charge >= 0.3 is 0 Å². The molecule has 1 saturated heterocycles. The Balaban J connectivity index is 2.70. The summed E-state index contributed by atoms with van der Waals surface area (Å²) >= 11 is 0. The van der Waals surface area contributed by atoms with Gasteiger partial charge in [-0.05, 0) is 20.8 Å². The highest BCUT2D eigenvalue weighted by atomic mass is 32.2. The molecule has 0 aromatic carbocycles. The summed E-state index contributed by atoms with van der Waals surface area (Å²) in [5.41, 5.74) is 0. The van der Waals surface area contributed by atoms with Gasteiger partial charge in [-0.15, -0.1) is 0 Å². The zero-order valence-electron chi connectivity index (χ0n) is 8.95. The van der Waals surface area contributed by atoms with Crippen LogP contribution in [-0.4, -0.2) is 44.4 Å². The Morgan fingerprint density at radius 2 is 2.14 bits per heavy atom. The van der Waals surface area contributed by atoms with Gasteiger partial charge in [-0.2, -0.15) is 17.4 Å². The molecule has 0 saturated carbocycles. The van der Waals surface area contributed by atoms with Crippen LogP contribution in [0.25, 0.3) is 0 Å². The standard InChI is InChI=1S/C8H19N3O2S/c1-7(2)10-14(12,13)11-5-4-9-6-8(11)3/h7-10H,4-6H2,1-3H3/t8-/m0/s1. The van der Waals surface area contributed by atoms with E-state index in [1.165, 1.54) is 4.31 Å². The fourth-order valence-corrected chi connectivity index (χ4v) is 3.16. The quantitative estimate of drug-likeness (QED) is 0.677. The highest BCUT2D eigenvalue weighted by Gasteiger charge is 2.29.